The maximum absolute atomic E-state index is 12.7. The topological polar surface area (TPSA) is 35.5 Å². The van der Waals surface area contributed by atoms with E-state index in [1.165, 1.54) is 0 Å². The quantitative estimate of drug-likeness (QED) is 0.468. The Bertz CT molecular complexity index is 641. The van der Waals surface area contributed by atoms with Crippen molar-refractivity contribution in [1.82, 2.24) is 0 Å². The Morgan fingerprint density at radius 1 is 0.880 bits per heavy atom. The van der Waals surface area contributed by atoms with Crippen molar-refractivity contribution >= 4 is 38.5 Å². The Labute approximate surface area is 163 Å². The van der Waals surface area contributed by atoms with Gasteiger partial charge in [0, 0.05) is 4.47 Å². The Hall–Kier alpha value is -0.596. The number of hydrogen-bond acceptors (Lipinski definition) is 3. The molecule has 0 spiro atoms. The lowest BCUT2D eigenvalue weighted by molar-refractivity contribution is 0.0712. The van der Waals surface area contributed by atoms with Crippen molar-refractivity contribution < 1.29 is 13.6 Å². The van der Waals surface area contributed by atoms with Crippen molar-refractivity contribution in [3.05, 3.63) is 28.2 Å². The average Bonchev–Trinajstić information content (AvgIpc) is 2.33. The summed E-state index contributed by atoms with van der Waals surface area (Å²) in [6.45, 7) is 21.5. The second-order valence-electron chi connectivity index (χ2n) is 9.69. The van der Waals surface area contributed by atoms with E-state index in [2.05, 4.69) is 83.7 Å². The molecule has 1 rings (SSSR count). The van der Waals surface area contributed by atoms with Gasteiger partial charge in [-0.05, 0) is 54.5 Å². The molecule has 25 heavy (non-hydrogen) atoms. The first-order valence-electron chi connectivity index (χ1n) is 8.69. The summed E-state index contributed by atoms with van der Waals surface area (Å²) in [7, 11) is -4.13. The van der Waals surface area contributed by atoms with E-state index in [-0.39, 0.29) is 16.0 Å². The number of rotatable bonds is 4. The van der Waals surface area contributed by atoms with Crippen LogP contribution in [-0.4, -0.2) is 22.6 Å². The summed E-state index contributed by atoms with van der Waals surface area (Å²) in [6, 6.07) is 5.53. The second kappa shape index (κ2) is 7.20. The lowest BCUT2D eigenvalue weighted by Gasteiger charge is -2.37. The molecule has 0 aliphatic rings. The van der Waals surface area contributed by atoms with Crippen LogP contribution in [0.25, 0.3) is 0 Å². The van der Waals surface area contributed by atoms with Gasteiger partial charge in [0.25, 0.3) is 8.32 Å². The summed E-state index contributed by atoms with van der Waals surface area (Å²) in [5.41, 5.74) is 0.535. The Morgan fingerprint density at radius 3 is 1.80 bits per heavy atom. The van der Waals surface area contributed by atoms with Gasteiger partial charge in [-0.25, -0.2) is 4.79 Å². The van der Waals surface area contributed by atoms with Crippen LogP contribution in [0.3, 0.4) is 0 Å². The molecule has 0 unspecified atom stereocenters. The fraction of sp³-hybridized carbons (Fsp3) is 0.632. The van der Waals surface area contributed by atoms with Crippen molar-refractivity contribution in [2.24, 2.45) is 0 Å². The number of carbonyl (C=O) groups is 1. The summed E-state index contributed by atoms with van der Waals surface area (Å²) in [5.74, 6) is 0.455. The summed E-state index contributed by atoms with van der Waals surface area (Å²) in [6.07, 6.45) is 0. The fourth-order valence-electron chi connectivity index (χ4n) is 1.63. The second-order valence-corrected chi connectivity index (χ2v) is 20.1. The Kier molecular flexibility index (Phi) is 6.46. The van der Waals surface area contributed by atoms with Crippen LogP contribution in [0, 0.1) is 0 Å². The highest BCUT2D eigenvalue weighted by molar-refractivity contribution is 9.10. The van der Waals surface area contributed by atoms with Gasteiger partial charge >= 0.3 is 5.97 Å². The molecule has 0 heterocycles. The van der Waals surface area contributed by atoms with Gasteiger partial charge in [0.05, 0.1) is 5.56 Å². The number of carbonyl (C=O) groups excluding carboxylic acids is 1. The highest BCUT2D eigenvalue weighted by Gasteiger charge is 2.41. The number of halogens is 1. The van der Waals surface area contributed by atoms with Gasteiger partial charge in [0.15, 0.2) is 0 Å². The van der Waals surface area contributed by atoms with Crippen LogP contribution < -0.4 is 4.43 Å². The molecule has 0 radical (unpaired) electrons. The first-order chi connectivity index (χ1) is 11.0. The molecule has 3 nitrogen and oxygen atoms in total. The van der Waals surface area contributed by atoms with E-state index < -0.39 is 16.6 Å². The van der Waals surface area contributed by atoms with Crippen molar-refractivity contribution in [2.75, 3.05) is 0 Å². The molecule has 0 aromatic heterocycles. The minimum absolute atomic E-state index is 0.0187. The van der Waals surface area contributed by atoms with Gasteiger partial charge in [-0.3, -0.25) is 0 Å². The van der Waals surface area contributed by atoms with Crippen LogP contribution in [0.5, 0.6) is 5.75 Å². The van der Waals surface area contributed by atoms with Gasteiger partial charge in [-0.15, -0.1) is 0 Å². The Morgan fingerprint density at radius 2 is 1.36 bits per heavy atom. The van der Waals surface area contributed by atoms with Crippen LogP contribution >= 0.6 is 15.9 Å². The fourth-order valence-corrected chi connectivity index (χ4v) is 4.00. The number of benzene rings is 1. The lowest BCUT2D eigenvalue weighted by atomic mass is 10.2. The zero-order valence-electron chi connectivity index (χ0n) is 17.3. The van der Waals surface area contributed by atoms with E-state index in [1.54, 1.807) is 12.1 Å². The molecule has 0 saturated heterocycles. The van der Waals surface area contributed by atoms with E-state index >= 15 is 0 Å². The van der Waals surface area contributed by atoms with Gasteiger partial charge < -0.3 is 8.85 Å². The van der Waals surface area contributed by atoms with Gasteiger partial charge in [0.2, 0.25) is 8.32 Å². The molecule has 0 atom stereocenters. The molecule has 0 N–H and O–H groups in total. The molecular weight excluding hydrogens is 412 g/mol. The summed E-state index contributed by atoms with van der Waals surface area (Å²) < 4.78 is 13.1. The van der Waals surface area contributed by atoms with Gasteiger partial charge in [0.1, 0.15) is 5.75 Å². The van der Waals surface area contributed by atoms with Crippen molar-refractivity contribution in [3.8, 4) is 5.75 Å². The molecule has 0 saturated carbocycles. The first kappa shape index (κ1) is 22.4. The van der Waals surface area contributed by atoms with Gasteiger partial charge in [-0.2, -0.15) is 0 Å². The van der Waals surface area contributed by atoms with Crippen molar-refractivity contribution in [2.45, 2.75) is 77.8 Å². The molecule has 0 bridgehead atoms. The smallest absolute Gasteiger partial charge is 0.324 e. The minimum atomic E-state index is -2.16. The van der Waals surface area contributed by atoms with Gasteiger partial charge in [-0.1, -0.05) is 57.5 Å². The monoisotopic (exact) mass is 444 g/mol. The molecular formula is C19H33BrO3Si2. The molecule has 0 aliphatic carbocycles. The zero-order chi connectivity index (χ0) is 19.8. The summed E-state index contributed by atoms with van der Waals surface area (Å²) in [4.78, 5) is 12.7. The molecule has 6 heteroatoms. The maximum Gasteiger partial charge on any atom is 0.324 e. The van der Waals surface area contributed by atoms with Crippen molar-refractivity contribution in [1.29, 1.82) is 0 Å². The van der Waals surface area contributed by atoms with E-state index in [1.807, 2.05) is 6.07 Å². The highest BCUT2D eigenvalue weighted by Crippen LogP contribution is 2.39. The minimum Gasteiger partial charge on any atom is -0.543 e. The predicted octanol–water partition coefficient (Wildman–Crippen LogP) is 7.00. The molecule has 142 valence electrons. The average molecular weight is 446 g/mol. The van der Waals surface area contributed by atoms with Crippen molar-refractivity contribution in [3.63, 3.8) is 0 Å². The molecule has 1 aromatic carbocycles. The molecule has 0 fully saturated rings. The molecule has 0 amide bonds. The summed E-state index contributed by atoms with van der Waals surface area (Å²) >= 11 is 3.50. The van der Waals surface area contributed by atoms with E-state index in [9.17, 15) is 4.79 Å². The van der Waals surface area contributed by atoms with Crippen LogP contribution in [0.15, 0.2) is 22.7 Å². The van der Waals surface area contributed by atoms with Crippen LogP contribution in [0.2, 0.25) is 36.3 Å². The van der Waals surface area contributed by atoms with Crippen LogP contribution in [-0.2, 0) is 4.43 Å². The number of hydrogen-bond donors (Lipinski definition) is 0. The molecule has 0 aliphatic heterocycles. The Balaban J connectivity index is 3.12. The summed E-state index contributed by atoms with van der Waals surface area (Å²) in [5, 5.41) is 0.0757. The third-order valence-electron chi connectivity index (χ3n) is 5.44. The first-order valence-corrected chi connectivity index (χ1v) is 15.3. The zero-order valence-corrected chi connectivity index (χ0v) is 20.9. The highest BCUT2D eigenvalue weighted by atomic mass is 79.9. The SMILES string of the molecule is CC(C)(C)[Si](C)(C)OC(=O)c1cc(Br)cc(O[Si](C)(C)C(C)(C)C)c1. The van der Waals surface area contributed by atoms with Crippen LogP contribution in [0.4, 0.5) is 0 Å². The largest absolute Gasteiger partial charge is 0.543 e. The normalized spacial score (nSPS) is 13.6. The predicted molar refractivity (Wildman–Crippen MR) is 115 cm³/mol. The third kappa shape index (κ3) is 5.69. The lowest BCUT2D eigenvalue weighted by Crippen LogP contribution is -2.44. The van der Waals surface area contributed by atoms with E-state index in [0.717, 1.165) is 10.2 Å². The van der Waals surface area contributed by atoms with Crippen LogP contribution in [0.1, 0.15) is 51.9 Å². The standard InChI is InChI=1S/C19H33BrO3Si2/c1-18(2,3)24(7,8)22-16-12-14(11-15(20)13-16)17(21)23-25(9,10)19(4,5)6/h11-13H,1-10H3. The van der Waals surface area contributed by atoms with E-state index in [0.29, 0.717) is 5.56 Å². The van der Waals surface area contributed by atoms with E-state index in [4.69, 9.17) is 8.85 Å². The third-order valence-corrected chi connectivity index (χ3v) is 14.6. The molecule has 1 aromatic rings. The maximum atomic E-state index is 12.7.